The number of hydrogen-bond donors (Lipinski definition) is 1. The number of nitrogens with one attached hydrogen (secondary N) is 1. The minimum absolute atomic E-state index is 0.285. The Bertz CT molecular complexity index is 355. The molecule has 1 fully saturated rings. The van der Waals surface area contributed by atoms with Crippen LogP contribution in [-0.2, 0) is 18.3 Å². The summed E-state index contributed by atoms with van der Waals surface area (Å²) in [7, 11) is 1.81. The van der Waals surface area contributed by atoms with Gasteiger partial charge >= 0.3 is 0 Å². The lowest BCUT2D eigenvalue weighted by Crippen LogP contribution is -2.29. The molecule has 88 valence electrons. The molecule has 1 N–H and O–H groups in total. The Kier molecular flexibility index (Phi) is 3.66. The molecule has 0 spiro atoms. The minimum Gasteiger partial charge on any atom is -0.317 e. The van der Waals surface area contributed by atoms with Gasteiger partial charge in [-0.05, 0) is 31.8 Å². The Balaban J connectivity index is 1.79. The average molecular weight is 222 g/mol. The second kappa shape index (κ2) is 5.21. The van der Waals surface area contributed by atoms with E-state index in [1.165, 1.54) is 0 Å². The molecule has 0 atom stereocenters. The molecule has 0 unspecified atom stereocenters. The van der Waals surface area contributed by atoms with E-state index in [1.54, 1.807) is 10.9 Å². The number of hydrogen-bond acceptors (Lipinski definition) is 4. The molecule has 0 saturated carbocycles. The molecule has 2 rings (SSSR count). The zero-order valence-corrected chi connectivity index (χ0v) is 9.65. The van der Waals surface area contributed by atoms with Crippen LogP contribution in [0.1, 0.15) is 25.0 Å². The van der Waals surface area contributed by atoms with Crippen LogP contribution in [0.2, 0.25) is 0 Å². The molecule has 0 radical (unpaired) electrons. The summed E-state index contributed by atoms with van der Waals surface area (Å²) in [6, 6.07) is 0. The Morgan fingerprint density at radius 3 is 2.94 bits per heavy atom. The third-order valence-corrected chi connectivity index (χ3v) is 3.00. The highest BCUT2D eigenvalue weighted by Crippen LogP contribution is 2.16. The molecule has 5 heteroatoms. The van der Waals surface area contributed by atoms with E-state index in [0.717, 1.165) is 31.6 Å². The quantitative estimate of drug-likeness (QED) is 0.797. The van der Waals surface area contributed by atoms with Gasteiger partial charge in [0.2, 0.25) is 0 Å². The van der Waals surface area contributed by atoms with Crippen LogP contribution in [0.25, 0.3) is 0 Å². The summed E-state index contributed by atoms with van der Waals surface area (Å²) in [4.78, 5) is 11.8. The number of piperidine rings is 1. The zero-order valence-electron chi connectivity index (χ0n) is 9.65. The summed E-state index contributed by atoms with van der Waals surface area (Å²) < 4.78 is 1.63. The van der Waals surface area contributed by atoms with Crippen LogP contribution in [0.5, 0.6) is 0 Å². The molecule has 1 aliphatic rings. The highest BCUT2D eigenvalue weighted by atomic mass is 16.1. The van der Waals surface area contributed by atoms with Crippen LogP contribution >= 0.6 is 0 Å². The van der Waals surface area contributed by atoms with Gasteiger partial charge in [-0.25, -0.2) is 0 Å². The minimum atomic E-state index is 0.285. The number of carbonyl (C=O) groups is 1. The Hall–Kier alpha value is -1.23. The van der Waals surface area contributed by atoms with Crippen molar-refractivity contribution >= 4 is 5.78 Å². The van der Waals surface area contributed by atoms with Crippen LogP contribution in [0, 0.1) is 5.92 Å². The Morgan fingerprint density at radius 1 is 1.56 bits per heavy atom. The zero-order chi connectivity index (χ0) is 11.4. The van der Waals surface area contributed by atoms with Crippen LogP contribution in [0.4, 0.5) is 0 Å². The summed E-state index contributed by atoms with van der Waals surface area (Å²) >= 11 is 0. The lowest BCUT2D eigenvalue weighted by molar-refractivity contribution is -0.119. The van der Waals surface area contributed by atoms with Crippen molar-refractivity contribution in [1.82, 2.24) is 20.3 Å². The normalized spacial score (nSPS) is 17.6. The largest absolute Gasteiger partial charge is 0.317 e. The lowest BCUT2D eigenvalue weighted by Gasteiger charge is -2.21. The van der Waals surface area contributed by atoms with E-state index < -0.39 is 0 Å². The molecule has 1 aromatic heterocycles. The van der Waals surface area contributed by atoms with E-state index in [4.69, 9.17) is 0 Å². The SMILES string of the molecule is Cn1cc(CC(=O)CC2CCNCC2)nn1. The molecule has 1 aromatic rings. The summed E-state index contributed by atoms with van der Waals surface area (Å²) in [5.74, 6) is 0.845. The predicted molar refractivity (Wildman–Crippen MR) is 59.9 cm³/mol. The highest BCUT2D eigenvalue weighted by molar-refractivity contribution is 5.80. The molecule has 0 aromatic carbocycles. The number of aryl methyl sites for hydroxylation is 1. The van der Waals surface area contributed by atoms with E-state index in [0.29, 0.717) is 18.8 Å². The maximum Gasteiger partial charge on any atom is 0.139 e. The molecular weight excluding hydrogens is 204 g/mol. The second-order valence-electron chi connectivity index (χ2n) is 4.50. The molecule has 0 bridgehead atoms. The summed E-state index contributed by atoms with van der Waals surface area (Å²) in [6.45, 7) is 2.09. The van der Waals surface area contributed by atoms with Gasteiger partial charge in [0.05, 0.1) is 12.1 Å². The van der Waals surface area contributed by atoms with Crippen molar-refractivity contribution in [3.05, 3.63) is 11.9 Å². The van der Waals surface area contributed by atoms with Gasteiger partial charge in [0, 0.05) is 19.7 Å². The third kappa shape index (κ3) is 3.13. The molecule has 0 aliphatic carbocycles. The van der Waals surface area contributed by atoms with Crippen molar-refractivity contribution in [2.75, 3.05) is 13.1 Å². The molecule has 1 saturated heterocycles. The first-order chi connectivity index (χ1) is 7.74. The Labute approximate surface area is 95.2 Å². The Morgan fingerprint density at radius 2 is 2.31 bits per heavy atom. The van der Waals surface area contributed by atoms with Crippen molar-refractivity contribution < 1.29 is 4.79 Å². The third-order valence-electron chi connectivity index (χ3n) is 3.00. The second-order valence-corrected chi connectivity index (χ2v) is 4.50. The smallest absolute Gasteiger partial charge is 0.139 e. The highest BCUT2D eigenvalue weighted by Gasteiger charge is 2.17. The van der Waals surface area contributed by atoms with Crippen molar-refractivity contribution in [3.8, 4) is 0 Å². The van der Waals surface area contributed by atoms with Crippen molar-refractivity contribution in [1.29, 1.82) is 0 Å². The van der Waals surface area contributed by atoms with E-state index in [-0.39, 0.29) is 5.78 Å². The van der Waals surface area contributed by atoms with Gasteiger partial charge in [0.15, 0.2) is 0 Å². The molecule has 1 aliphatic heterocycles. The van der Waals surface area contributed by atoms with E-state index in [9.17, 15) is 4.79 Å². The summed E-state index contributed by atoms with van der Waals surface area (Å²) in [5.41, 5.74) is 0.779. The van der Waals surface area contributed by atoms with Crippen LogP contribution in [0.3, 0.4) is 0 Å². The molecular formula is C11H18N4O. The molecule has 16 heavy (non-hydrogen) atoms. The number of Topliss-reactive ketones (excluding diaryl/α,β-unsaturated/α-hetero) is 1. The first-order valence-corrected chi connectivity index (χ1v) is 5.81. The molecule has 2 heterocycles. The van der Waals surface area contributed by atoms with Crippen molar-refractivity contribution in [2.24, 2.45) is 13.0 Å². The number of rotatable bonds is 4. The fourth-order valence-corrected chi connectivity index (χ4v) is 2.16. The van der Waals surface area contributed by atoms with Gasteiger partial charge in [-0.3, -0.25) is 9.48 Å². The summed E-state index contributed by atoms with van der Waals surface area (Å²) in [6.07, 6.45) is 5.16. The van der Waals surface area contributed by atoms with Gasteiger partial charge in [-0.1, -0.05) is 5.21 Å². The van der Waals surface area contributed by atoms with Crippen molar-refractivity contribution in [2.45, 2.75) is 25.7 Å². The topological polar surface area (TPSA) is 59.8 Å². The van der Waals surface area contributed by atoms with Gasteiger partial charge in [-0.15, -0.1) is 5.10 Å². The maximum atomic E-state index is 11.8. The van der Waals surface area contributed by atoms with Gasteiger partial charge < -0.3 is 5.32 Å². The first-order valence-electron chi connectivity index (χ1n) is 5.81. The van der Waals surface area contributed by atoms with E-state index in [2.05, 4.69) is 15.6 Å². The number of carbonyl (C=O) groups excluding carboxylic acids is 1. The summed E-state index contributed by atoms with van der Waals surface area (Å²) in [5, 5.41) is 11.1. The van der Waals surface area contributed by atoms with Gasteiger partial charge in [0.1, 0.15) is 5.78 Å². The van der Waals surface area contributed by atoms with Gasteiger partial charge in [0.25, 0.3) is 0 Å². The van der Waals surface area contributed by atoms with Crippen LogP contribution in [-0.4, -0.2) is 33.9 Å². The molecule has 0 amide bonds. The maximum absolute atomic E-state index is 11.8. The fourth-order valence-electron chi connectivity index (χ4n) is 2.16. The van der Waals surface area contributed by atoms with Gasteiger partial charge in [-0.2, -0.15) is 0 Å². The standard InChI is InChI=1S/C11H18N4O/c1-15-8-10(13-14-15)7-11(16)6-9-2-4-12-5-3-9/h8-9,12H,2-7H2,1H3. The first kappa shape index (κ1) is 11.3. The van der Waals surface area contributed by atoms with E-state index >= 15 is 0 Å². The number of nitrogens with zero attached hydrogens (tertiary/aromatic N) is 3. The van der Waals surface area contributed by atoms with Crippen LogP contribution < -0.4 is 5.32 Å². The number of ketones is 1. The van der Waals surface area contributed by atoms with Crippen molar-refractivity contribution in [3.63, 3.8) is 0 Å². The van der Waals surface area contributed by atoms with Crippen LogP contribution in [0.15, 0.2) is 6.20 Å². The predicted octanol–water partition coefficient (Wildman–Crippen LogP) is 0.316. The molecule has 5 nitrogen and oxygen atoms in total. The monoisotopic (exact) mass is 222 g/mol. The average Bonchev–Trinajstić information content (AvgIpc) is 2.65. The fraction of sp³-hybridized carbons (Fsp3) is 0.727. The van der Waals surface area contributed by atoms with E-state index in [1.807, 2.05) is 7.05 Å². The lowest BCUT2D eigenvalue weighted by atomic mass is 9.91. The number of aromatic nitrogens is 3.